The number of sulfonamides is 1. The van der Waals surface area contributed by atoms with E-state index in [0.717, 1.165) is 16.8 Å². The fourth-order valence-electron chi connectivity index (χ4n) is 4.50. The average molecular weight is 571 g/mol. The zero-order chi connectivity index (χ0) is 28.3. The molecule has 0 spiro atoms. The number of ether oxygens (including phenoxy) is 1. The monoisotopic (exact) mass is 570 g/mol. The lowest BCUT2D eigenvalue weighted by Gasteiger charge is -2.35. The lowest BCUT2D eigenvalue weighted by Crippen LogP contribution is -2.49. The van der Waals surface area contributed by atoms with Gasteiger partial charge in [-0.05, 0) is 35.4 Å². The van der Waals surface area contributed by atoms with Crippen LogP contribution in [0.2, 0.25) is 0 Å². The molecule has 0 saturated carbocycles. The number of benzene rings is 3. The van der Waals surface area contributed by atoms with Gasteiger partial charge in [-0.3, -0.25) is 4.79 Å². The number of nitrogens with zero attached hydrogens (tertiary/aromatic N) is 4. The molecular formula is C28H25F3N4O4S. The Balaban J connectivity index is 1.42. The van der Waals surface area contributed by atoms with Crippen molar-refractivity contribution in [2.24, 2.45) is 0 Å². The predicted octanol–water partition coefficient (Wildman–Crippen LogP) is 3.88. The van der Waals surface area contributed by atoms with E-state index in [1.54, 1.807) is 35.2 Å². The first-order valence-corrected chi connectivity index (χ1v) is 14.0. The molecule has 1 fully saturated rings. The largest absolute Gasteiger partial charge is 0.481 e. The van der Waals surface area contributed by atoms with Gasteiger partial charge in [0, 0.05) is 32.2 Å². The predicted molar refractivity (Wildman–Crippen MR) is 143 cm³/mol. The van der Waals surface area contributed by atoms with Crippen LogP contribution >= 0.6 is 0 Å². The molecule has 1 saturated heterocycles. The van der Waals surface area contributed by atoms with Crippen molar-refractivity contribution in [1.82, 2.24) is 14.1 Å². The molecule has 0 N–H and O–H groups in total. The van der Waals surface area contributed by atoms with Crippen LogP contribution in [0.4, 0.5) is 18.9 Å². The number of piperazine rings is 1. The number of aromatic nitrogens is 2. The maximum Gasteiger partial charge on any atom is 0.316 e. The summed E-state index contributed by atoms with van der Waals surface area (Å²) >= 11 is 0. The highest BCUT2D eigenvalue weighted by molar-refractivity contribution is 7.88. The van der Waals surface area contributed by atoms with Gasteiger partial charge in [-0.25, -0.2) is 21.6 Å². The van der Waals surface area contributed by atoms with Crippen molar-refractivity contribution in [2.45, 2.75) is 12.4 Å². The van der Waals surface area contributed by atoms with Gasteiger partial charge in [0.15, 0.2) is 0 Å². The Morgan fingerprint density at radius 3 is 2.15 bits per heavy atom. The standard InChI is InChI=1S/C28H25F3N4O4S/c29-22-8-4-7-21(13-22)18-39-27-26(17-32-35(28(27)36)25-15-23(30)14-24(31)16-25)33-9-11-34(12-10-33)40(37,38)19-20-5-2-1-3-6-20/h1-8,13-17H,9-12,18-19H2. The highest BCUT2D eigenvalue weighted by atomic mass is 32.2. The summed E-state index contributed by atoms with van der Waals surface area (Å²) in [6, 6.07) is 17.1. The third-order valence-corrected chi connectivity index (χ3v) is 8.29. The summed E-state index contributed by atoms with van der Waals surface area (Å²) in [6.07, 6.45) is 1.33. The van der Waals surface area contributed by atoms with Crippen LogP contribution in [0.15, 0.2) is 83.8 Å². The van der Waals surface area contributed by atoms with Gasteiger partial charge in [0.2, 0.25) is 15.8 Å². The Morgan fingerprint density at radius 2 is 1.48 bits per heavy atom. The van der Waals surface area contributed by atoms with E-state index < -0.39 is 33.0 Å². The van der Waals surface area contributed by atoms with E-state index >= 15 is 0 Å². The van der Waals surface area contributed by atoms with E-state index in [4.69, 9.17) is 4.74 Å². The van der Waals surface area contributed by atoms with Gasteiger partial charge < -0.3 is 9.64 Å². The van der Waals surface area contributed by atoms with Crippen LogP contribution in [-0.4, -0.2) is 48.7 Å². The van der Waals surface area contributed by atoms with Crippen LogP contribution in [0, 0.1) is 17.5 Å². The van der Waals surface area contributed by atoms with Gasteiger partial charge in [-0.1, -0.05) is 42.5 Å². The van der Waals surface area contributed by atoms with Gasteiger partial charge in [-0.15, -0.1) is 0 Å². The number of rotatable bonds is 8. The Bertz CT molecular complexity index is 1650. The maximum atomic E-state index is 13.9. The molecule has 0 unspecified atom stereocenters. The van der Waals surface area contributed by atoms with Crippen LogP contribution in [0.1, 0.15) is 11.1 Å². The molecule has 208 valence electrons. The molecule has 0 amide bonds. The third kappa shape index (κ3) is 6.18. The second-order valence-electron chi connectivity index (χ2n) is 9.25. The summed E-state index contributed by atoms with van der Waals surface area (Å²) in [5.41, 5.74) is 0.510. The van der Waals surface area contributed by atoms with Gasteiger partial charge >= 0.3 is 5.56 Å². The highest BCUT2D eigenvalue weighted by Gasteiger charge is 2.29. The summed E-state index contributed by atoms with van der Waals surface area (Å²) in [5.74, 6) is -2.54. The van der Waals surface area contributed by atoms with Crippen molar-refractivity contribution in [3.05, 3.63) is 118 Å². The van der Waals surface area contributed by atoms with E-state index in [-0.39, 0.29) is 55.7 Å². The number of halogens is 3. The molecule has 3 aromatic carbocycles. The molecular weight excluding hydrogens is 545 g/mol. The normalized spacial score (nSPS) is 14.3. The van der Waals surface area contributed by atoms with Crippen molar-refractivity contribution in [3.63, 3.8) is 0 Å². The summed E-state index contributed by atoms with van der Waals surface area (Å²) in [4.78, 5) is 15.3. The molecule has 0 bridgehead atoms. The zero-order valence-electron chi connectivity index (χ0n) is 21.2. The number of anilines is 1. The number of hydrogen-bond acceptors (Lipinski definition) is 6. The van der Waals surface area contributed by atoms with E-state index in [9.17, 15) is 26.4 Å². The quantitative estimate of drug-likeness (QED) is 0.320. The first kappa shape index (κ1) is 27.4. The topological polar surface area (TPSA) is 84.7 Å². The van der Waals surface area contributed by atoms with Gasteiger partial charge in [0.25, 0.3) is 0 Å². The van der Waals surface area contributed by atoms with Crippen LogP contribution in [-0.2, 0) is 22.4 Å². The second kappa shape index (κ2) is 11.5. The Kier molecular flexibility index (Phi) is 7.90. The first-order valence-electron chi connectivity index (χ1n) is 12.4. The maximum absolute atomic E-state index is 13.9. The molecule has 1 aromatic heterocycles. The van der Waals surface area contributed by atoms with Gasteiger partial charge in [-0.2, -0.15) is 14.1 Å². The molecule has 5 rings (SSSR count). The SMILES string of the molecule is O=c1c(OCc2cccc(F)c2)c(N2CCN(S(=O)(=O)Cc3ccccc3)CC2)cnn1-c1cc(F)cc(F)c1. The van der Waals surface area contributed by atoms with E-state index in [1.807, 2.05) is 6.07 Å². The van der Waals surface area contributed by atoms with Crippen molar-refractivity contribution in [1.29, 1.82) is 0 Å². The van der Waals surface area contributed by atoms with Crippen LogP contribution in [0.3, 0.4) is 0 Å². The van der Waals surface area contributed by atoms with E-state index in [2.05, 4.69) is 5.10 Å². The fourth-order valence-corrected chi connectivity index (χ4v) is 6.02. The van der Waals surface area contributed by atoms with Gasteiger partial charge in [0.05, 0.1) is 17.6 Å². The summed E-state index contributed by atoms with van der Waals surface area (Å²) in [6.45, 7) is 0.647. The van der Waals surface area contributed by atoms with Crippen molar-refractivity contribution >= 4 is 15.7 Å². The van der Waals surface area contributed by atoms with E-state index in [1.165, 1.54) is 28.7 Å². The molecule has 1 aliphatic heterocycles. The average Bonchev–Trinajstić information content (AvgIpc) is 2.92. The zero-order valence-corrected chi connectivity index (χ0v) is 22.0. The molecule has 12 heteroatoms. The molecule has 0 atom stereocenters. The smallest absolute Gasteiger partial charge is 0.316 e. The van der Waals surface area contributed by atoms with Gasteiger partial charge in [0.1, 0.15) is 29.7 Å². The third-order valence-electron chi connectivity index (χ3n) is 6.44. The Labute approximate surface area is 228 Å². The molecule has 8 nitrogen and oxygen atoms in total. The second-order valence-corrected chi connectivity index (χ2v) is 11.2. The summed E-state index contributed by atoms with van der Waals surface area (Å²) in [7, 11) is -3.57. The lowest BCUT2D eigenvalue weighted by atomic mass is 10.2. The van der Waals surface area contributed by atoms with Crippen molar-refractivity contribution in [2.75, 3.05) is 31.1 Å². The minimum atomic E-state index is -3.57. The molecule has 4 aromatic rings. The summed E-state index contributed by atoms with van der Waals surface area (Å²) in [5, 5.41) is 4.12. The first-order chi connectivity index (χ1) is 19.2. The Hall–Kier alpha value is -4.16. The molecule has 2 heterocycles. The minimum Gasteiger partial charge on any atom is -0.481 e. The Morgan fingerprint density at radius 1 is 0.800 bits per heavy atom. The van der Waals surface area contributed by atoms with Crippen molar-refractivity contribution in [3.8, 4) is 11.4 Å². The van der Waals surface area contributed by atoms with E-state index in [0.29, 0.717) is 17.2 Å². The van der Waals surface area contributed by atoms with Crippen LogP contribution in [0.25, 0.3) is 5.69 Å². The van der Waals surface area contributed by atoms with Crippen LogP contribution < -0.4 is 15.2 Å². The summed E-state index contributed by atoms with van der Waals surface area (Å²) < 4.78 is 75.5. The molecule has 0 aliphatic carbocycles. The minimum absolute atomic E-state index is 0.127. The highest BCUT2D eigenvalue weighted by Crippen LogP contribution is 2.27. The number of hydrogen-bond donors (Lipinski definition) is 0. The fraction of sp³-hybridized carbons (Fsp3) is 0.214. The molecule has 0 radical (unpaired) electrons. The molecule has 40 heavy (non-hydrogen) atoms. The van der Waals surface area contributed by atoms with Crippen LogP contribution in [0.5, 0.6) is 5.75 Å². The molecule has 1 aliphatic rings. The lowest BCUT2D eigenvalue weighted by molar-refractivity contribution is 0.297. The van der Waals surface area contributed by atoms with Crippen molar-refractivity contribution < 1.29 is 26.3 Å².